The van der Waals surface area contributed by atoms with Gasteiger partial charge < -0.3 is 4.74 Å². The number of ether oxygens (including phenoxy) is 1. The van der Waals surface area contributed by atoms with Crippen LogP contribution in [0, 0.1) is 0 Å². The summed E-state index contributed by atoms with van der Waals surface area (Å²) in [5, 5.41) is 0. The average Bonchev–Trinajstić information content (AvgIpc) is 2.30. The molecule has 0 N–H and O–H groups in total. The van der Waals surface area contributed by atoms with Gasteiger partial charge in [0.15, 0.2) is 0 Å². The summed E-state index contributed by atoms with van der Waals surface area (Å²) < 4.78 is 5.50. The SMILES string of the molecule is CC(C)=CCCC(C)=CCOc1ccccn1. The molecule has 0 fully saturated rings. The maximum atomic E-state index is 5.50. The highest BCUT2D eigenvalue weighted by molar-refractivity contribution is 5.10. The minimum Gasteiger partial charge on any atom is -0.473 e. The maximum absolute atomic E-state index is 5.50. The van der Waals surface area contributed by atoms with E-state index in [1.54, 1.807) is 6.20 Å². The van der Waals surface area contributed by atoms with Crippen molar-refractivity contribution in [1.29, 1.82) is 0 Å². The van der Waals surface area contributed by atoms with Crippen molar-refractivity contribution >= 4 is 0 Å². The number of aromatic nitrogens is 1. The van der Waals surface area contributed by atoms with Crippen LogP contribution in [0.4, 0.5) is 0 Å². The van der Waals surface area contributed by atoms with E-state index in [2.05, 4.69) is 37.9 Å². The summed E-state index contributed by atoms with van der Waals surface area (Å²) in [4.78, 5) is 4.10. The van der Waals surface area contributed by atoms with Gasteiger partial charge in [-0.2, -0.15) is 0 Å². The number of pyridine rings is 1. The Labute approximate surface area is 104 Å². The van der Waals surface area contributed by atoms with Crippen LogP contribution < -0.4 is 4.74 Å². The summed E-state index contributed by atoms with van der Waals surface area (Å²) >= 11 is 0. The van der Waals surface area contributed by atoms with Gasteiger partial charge in [0, 0.05) is 12.3 Å². The van der Waals surface area contributed by atoms with Gasteiger partial charge in [0.2, 0.25) is 5.88 Å². The number of hydrogen-bond acceptors (Lipinski definition) is 2. The standard InChI is InChI=1S/C15H21NO/c1-13(2)7-6-8-14(3)10-12-17-15-9-4-5-11-16-15/h4-5,7,9-11H,6,8,12H2,1-3H3. The Hall–Kier alpha value is -1.57. The summed E-state index contributed by atoms with van der Waals surface area (Å²) in [5.74, 6) is 0.681. The predicted molar refractivity (Wildman–Crippen MR) is 72.2 cm³/mol. The summed E-state index contributed by atoms with van der Waals surface area (Å²) in [7, 11) is 0. The molecule has 2 nitrogen and oxygen atoms in total. The van der Waals surface area contributed by atoms with Gasteiger partial charge in [-0.15, -0.1) is 0 Å². The van der Waals surface area contributed by atoms with Gasteiger partial charge >= 0.3 is 0 Å². The van der Waals surface area contributed by atoms with Crippen molar-refractivity contribution in [2.75, 3.05) is 6.61 Å². The van der Waals surface area contributed by atoms with Crippen molar-refractivity contribution in [3.05, 3.63) is 47.7 Å². The molecule has 0 amide bonds. The van der Waals surface area contributed by atoms with Gasteiger partial charge in [0.05, 0.1) is 0 Å². The lowest BCUT2D eigenvalue weighted by atomic mass is 10.1. The molecule has 0 aliphatic rings. The van der Waals surface area contributed by atoms with Gasteiger partial charge in [0.1, 0.15) is 6.61 Å². The van der Waals surface area contributed by atoms with Gasteiger partial charge in [0.25, 0.3) is 0 Å². The van der Waals surface area contributed by atoms with E-state index in [1.807, 2.05) is 18.2 Å². The third-order valence-electron chi connectivity index (χ3n) is 2.39. The van der Waals surface area contributed by atoms with Crippen molar-refractivity contribution in [2.45, 2.75) is 33.6 Å². The van der Waals surface area contributed by atoms with Crippen molar-refractivity contribution < 1.29 is 4.74 Å². The first kappa shape index (κ1) is 13.5. The average molecular weight is 231 g/mol. The Morgan fingerprint density at radius 1 is 1.24 bits per heavy atom. The topological polar surface area (TPSA) is 22.1 Å². The molecule has 0 spiro atoms. The quantitative estimate of drug-likeness (QED) is 0.686. The Balaban J connectivity index is 2.26. The van der Waals surface area contributed by atoms with Crippen LogP contribution in [0.3, 0.4) is 0 Å². The van der Waals surface area contributed by atoms with E-state index in [-0.39, 0.29) is 0 Å². The number of allylic oxidation sites excluding steroid dienone is 3. The molecule has 1 aromatic heterocycles. The molecule has 17 heavy (non-hydrogen) atoms. The van der Waals surface area contributed by atoms with Gasteiger partial charge in [-0.1, -0.05) is 23.3 Å². The molecule has 1 aromatic rings. The number of nitrogens with zero attached hydrogens (tertiary/aromatic N) is 1. The molecule has 0 unspecified atom stereocenters. The zero-order valence-electron chi connectivity index (χ0n) is 10.9. The monoisotopic (exact) mass is 231 g/mol. The first-order valence-electron chi connectivity index (χ1n) is 6.01. The number of hydrogen-bond donors (Lipinski definition) is 0. The molecule has 0 aliphatic carbocycles. The highest BCUT2D eigenvalue weighted by Crippen LogP contribution is 2.08. The van der Waals surface area contributed by atoms with E-state index in [0.717, 1.165) is 12.8 Å². The largest absolute Gasteiger partial charge is 0.473 e. The fourth-order valence-electron chi connectivity index (χ4n) is 1.39. The highest BCUT2D eigenvalue weighted by Gasteiger charge is 1.92. The molecule has 0 saturated heterocycles. The second kappa shape index (κ2) is 7.66. The van der Waals surface area contributed by atoms with Crippen molar-refractivity contribution in [3.63, 3.8) is 0 Å². The van der Waals surface area contributed by atoms with E-state index >= 15 is 0 Å². The minimum absolute atomic E-state index is 0.595. The fourth-order valence-corrected chi connectivity index (χ4v) is 1.39. The molecule has 0 radical (unpaired) electrons. The first-order valence-corrected chi connectivity index (χ1v) is 6.01. The first-order chi connectivity index (χ1) is 8.18. The van der Waals surface area contributed by atoms with Crippen LogP contribution in [0.5, 0.6) is 5.88 Å². The second-order valence-corrected chi connectivity index (χ2v) is 4.35. The molecule has 92 valence electrons. The van der Waals surface area contributed by atoms with Crippen molar-refractivity contribution in [3.8, 4) is 5.88 Å². The zero-order valence-corrected chi connectivity index (χ0v) is 10.9. The lowest BCUT2D eigenvalue weighted by Crippen LogP contribution is -1.96. The predicted octanol–water partition coefficient (Wildman–Crippen LogP) is 4.15. The van der Waals surface area contributed by atoms with Gasteiger partial charge in [-0.25, -0.2) is 4.98 Å². The normalized spacial score (nSPS) is 11.1. The third-order valence-corrected chi connectivity index (χ3v) is 2.39. The number of rotatable bonds is 6. The highest BCUT2D eigenvalue weighted by atomic mass is 16.5. The van der Waals surface area contributed by atoms with E-state index in [0.29, 0.717) is 12.5 Å². The Kier molecular flexibility index (Phi) is 6.08. The molecule has 2 heteroatoms. The van der Waals surface area contributed by atoms with E-state index in [4.69, 9.17) is 4.74 Å². The molecule has 0 aromatic carbocycles. The molecule has 1 heterocycles. The van der Waals surface area contributed by atoms with Crippen LogP contribution in [0.15, 0.2) is 47.7 Å². The summed E-state index contributed by atoms with van der Waals surface area (Å²) in [5.41, 5.74) is 2.74. The smallest absolute Gasteiger partial charge is 0.213 e. The van der Waals surface area contributed by atoms with Crippen molar-refractivity contribution in [2.24, 2.45) is 0 Å². The fraction of sp³-hybridized carbons (Fsp3) is 0.400. The van der Waals surface area contributed by atoms with E-state index in [9.17, 15) is 0 Å². The van der Waals surface area contributed by atoms with Crippen LogP contribution in [-0.2, 0) is 0 Å². The zero-order chi connectivity index (χ0) is 12.5. The summed E-state index contributed by atoms with van der Waals surface area (Å²) in [6.45, 7) is 6.99. The summed E-state index contributed by atoms with van der Waals surface area (Å²) in [6, 6.07) is 5.67. The van der Waals surface area contributed by atoms with Crippen LogP contribution in [0.1, 0.15) is 33.6 Å². The molecule has 1 rings (SSSR count). The lowest BCUT2D eigenvalue weighted by molar-refractivity contribution is 0.347. The molecule has 0 bridgehead atoms. The minimum atomic E-state index is 0.595. The Bertz CT molecular complexity index is 375. The molecule has 0 aliphatic heterocycles. The van der Waals surface area contributed by atoms with Crippen molar-refractivity contribution in [1.82, 2.24) is 4.98 Å². The van der Waals surface area contributed by atoms with E-state index < -0.39 is 0 Å². The molecule has 0 saturated carbocycles. The van der Waals surface area contributed by atoms with E-state index in [1.165, 1.54) is 11.1 Å². The molecule has 0 atom stereocenters. The van der Waals surface area contributed by atoms with Crippen LogP contribution in [0.25, 0.3) is 0 Å². The van der Waals surface area contributed by atoms with Crippen LogP contribution in [-0.4, -0.2) is 11.6 Å². The lowest BCUT2D eigenvalue weighted by Gasteiger charge is -2.02. The third kappa shape index (κ3) is 6.56. The Morgan fingerprint density at radius 3 is 2.71 bits per heavy atom. The van der Waals surface area contributed by atoms with Crippen LogP contribution in [0.2, 0.25) is 0 Å². The molecular formula is C15H21NO. The molecular weight excluding hydrogens is 210 g/mol. The summed E-state index contributed by atoms with van der Waals surface area (Å²) in [6.07, 6.45) is 8.32. The van der Waals surface area contributed by atoms with Crippen LogP contribution >= 0.6 is 0 Å². The maximum Gasteiger partial charge on any atom is 0.213 e. The second-order valence-electron chi connectivity index (χ2n) is 4.35. The Morgan fingerprint density at radius 2 is 2.06 bits per heavy atom. The van der Waals surface area contributed by atoms with Gasteiger partial charge in [-0.3, -0.25) is 0 Å². The van der Waals surface area contributed by atoms with Gasteiger partial charge in [-0.05, 0) is 45.8 Å².